The number of carboxylic acid groups (broad SMARTS) is 1. The minimum atomic E-state index is -4.53. The summed E-state index contributed by atoms with van der Waals surface area (Å²) in [5.74, 6) is -0.922. The summed E-state index contributed by atoms with van der Waals surface area (Å²) in [5, 5.41) is 9.26. The van der Waals surface area contributed by atoms with Crippen LogP contribution in [-0.2, 0) is 17.5 Å². The zero-order valence-corrected chi connectivity index (χ0v) is 15.1. The Hall–Kier alpha value is -2.33. The number of alkyl halides is 3. The van der Waals surface area contributed by atoms with Crippen molar-refractivity contribution in [2.75, 3.05) is 0 Å². The van der Waals surface area contributed by atoms with Gasteiger partial charge in [-0.1, -0.05) is 11.6 Å². The molecule has 0 bridgehead atoms. The molecule has 142 valence electrons. The summed E-state index contributed by atoms with van der Waals surface area (Å²) in [6.07, 6.45) is -1.93. The average Bonchev–Trinajstić information content (AvgIpc) is 2.93. The van der Waals surface area contributed by atoms with E-state index in [9.17, 15) is 18.0 Å². The third kappa shape index (κ3) is 4.51. The second kappa shape index (κ2) is 7.73. The highest BCUT2D eigenvalue weighted by Crippen LogP contribution is 2.36. The zero-order valence-electron chi connectivity index (χ0n) is 13.6. The average molecular weight is 417 g/mol. The maximum Gasteiger partial charge on any atom is 0.417 e. The number of aryl methyl sites for hydroxylation is 1. The molecule has 0 radical (unpaired) electrons. The molecule has 0 atom stereocenters. The number of hydrogen-bond acceptors (Lipinski definition) is 5. The lowest BCUT2D eigenvalue weighted by atomic mass is 10.3. The molecule has 3 heterocycles. The summed E-state index contributed by atoms with van der Waals surface area (Å²) >= 11 is 6.97. The molecule has 0 aliphatic carbocycles. The van der Waals surface area contributed by atoms with Crippen molar-refractivity contribution in [3.05, 3.63) is 41.2 Å². The van der Waals surface area contributed by atoms with Crippen LogP contribution in [0.1, 0.15) is 18.4 Å². The van der Waals surface area contributed by atoms with E-state index in [1.54, 1.807) is 22.9 Å². The van der Waals surface area contributed by atoms with Crippen LogP contribution in [0.25, 0.3) is 11.2 Å². The van der Waals surface area contributed by atoms with E-state index in [1.165, 1.54) is 0 Å². The predicted molar refractivity (Wildman–Crippen MR) is 92.8 cm³/mol. The number of carbonyl (C=O) groups is 1. The van der Waals surface area contributed by atoms with Gasteiger partial charge in [-0.3, -0.25) is 4.79 Å². The molecule has 0 aromatic carbocycles. The molecule has 3 aromatic heterocycles. The summed E-state index contributed by atoms with van der Waals surface area (Å²) in [7, 11) is 0. The Labute approximate surface area is 160 Å². The first-order valence-corrected chi connectivity index (χ1v) is 8.89. The van der Waals surface area contributed by atoms with E-state index in [4.69, 9.17) is 16.7 Å². The summed E-state index contributed by atoms with van der Waals surface area (Å²) in [6, 6.07) is 4.25. The van der Waals surface area contributed by atoms with Crippen LogP contribution in [0.15, 0.2) is 40.8 Å². The number of fused-ring (bicyclic) bond motifs is 1. The van der Waals surface area contributed by atoms with Gasteiger partial charge in [0.2, 0.25) is 0 Å². The van der Waals surface area contributed by atoms with Gasteiger partial charge in [-0.25, -0.2) is 15.0 Å². The third-order valence-corrected chi connectivity index (χ3v) is 4.98. The van der Waals surface area contributed by atoms with Gasteiger partial charge >= 0.3 is 12.1 Å². The summed E-state index contributed by atoms with van der Waals surface area (Å²) in [4.78, 5) is 23.2. The van der Waals surface area contributed by atoms with Gasteiger partial charge in [0.25, 0.3) is 0 Å². The molecule has 0 amide bonds. The van der Waals surface area contributed by atoms with E-state index < -0.39 is 17.7 Å². The molecular weight excluding hydrogens is 405 g/mol. The van der Waals surface area contributed by atoms with Crippen molar-refractivity contribution in [3.8, 4) is 0 Å². The second-order valence-corrected chi connectivity index (χ2v) is 6.86. The van der Waals surface area contributed by atoms with Crippen LogP contribution in [0.4, 0.5) is 13.2 Å². The zero-order chi connectivity index (χ0) is 19.6. The Morgan fingerprint density at radius 2 is 2.11 bits per heavy atom. The van der Waals surface area contributed by atoms with Crippen molar-refractivity contribution in [1.82, 2.24) is 19.5 Å². The third-order valence-electron chi connectivity index (χ3n) is 3.56. The van der Waals surface area contributed by atoms with Crippen LogP contribution in [0.3, 0.4) is 0 Å². The van der Waals surface area contributed by atoms with E-state index in [-0.39, 0.29) is 16.5 Å². The van der Waals surface area contributed by atoms with E-state index in [2.05, 4.69) is 15.0 Å². The fourth-order valence-corrected chi connectivity index (χ4v) is 3.50. The normalized spacial score (nSPS) is 11.9. The molecule has 6 nitrogen and oxygen atoms in total. The Kier molecular flexibility index (Phi) is 5.56. The molecule has 0 aliphatic heterocycles. The maximum atomic E-state index is 12.8. The number of pyridine rings is 2. The van der Waals surface area contributed by atoms with Gasteiger partial charge in [0.15, 0.2) is 10.8 Å². The molecule has 0 spiro atoms. The van der Waals surface area contributed by atoms with Crippen LogP contribution >= 0.6 is 23.4 Å². The van der Waals surface area contributed by atoms with Crippen molar-refractivity contribution in [2.45, 2.75) is 35.7 Å². The maximum absolute atomic E-state index is 12.8. The molecule has 0 saturated heterocycles. The fraction of sp³-hybridized carbons (Fsp3) is 0.250. The summed E-state index contributed by atoms with van der Waals surface area (Å²) in [6.45, 7) is 0.334. The number of aliphatic carboxylic acids is 1. The molecule has 0 unspecified atom stereocenters. The molecule has 0 saturated carbocycles. The predicted octanol–water partition coefficient (Wildman–Crippen LogP) is 4.51. The minimum absolute atomic E-state index is 0.0318. The Morgan fingerprint density at radius 3 is 2.78 bits per heavy atom. The molecule has 1 N–H and O–H groups in total. The molecule has 11 heteroatoms. The van der Waals surface area contributed by atoms with Gasteiger partial charge in [0.05, 0.1) is 10.6 Å². The summed E-state index contributed by atoms with van der Waals surface area (Å²) < 4.78 is 40.0. The first-order chi connectivity index (χ1) is 12.8. The van der Waals surface area contributed by atoms with Crippen molar-refractivity contribution in [3.63, 3.8) is 0 Å². The fourth-order valence-electron chi connectivity index (χ4n) is 2.35. The van der Waals surface area contributed by atoms with Gasteiger partial charge in [-0.2, -0.15) is 13.2 Å². The molecule has 27 heavy (non-hydrogen) atoms. The van der Waals surface area contributed by atoms with Crippen LogP contribution in [-0.4, -0.2) is 30.6 Å². The van der Waals surface area contributed by atoms with Crippen LogP contribution < -0.4 is 0 Å². The number of hydrogen-bond donors (Lipinski definition) is 1. The van der Waals surface area contributed by atoms with Crippen molar-refractivity contribution in [1.29, 1.82) is 0 Å². The number of aromatic nitrogens is 4. The second-order valence-electron chi connectivity index (χ2n) is 5.50. The smallest absolute Gasteiger partial charge is 0.417 e. The van der Waals surface area contributed by atoms with Gasteiger partial charge in [0, 0.05) is 25.4 Å². The van der Waals surface area contributed by atoms with E-state index in [1.807, 2.05) is 0 Å². The highest BCUT2D eigenvalue weighted by Gasteiger charge is 2.31. The Balaban J connectivity index is 1.93. The lowest BCUT2D eigenvalue weighted by Crippen LogP contribution is -2.06. The number of nitrogens with zero attached hydrogens (tertiary/aromatic N) is 4. The van der Waals surface area contributed by atoms with Crippen LogP contribution in [0.5, 0.6) is 0 Å². The van der Waals surface area contributed by atoms with Gasteiger partial charge < -0.3 is 9.67 Å². The van der Waals surface area contributed by atoms with E-state index >= 15 is 0 Å². The first-order valence-electron chi connectivity index (χ1n) is 7.69. The number of imidazole rings is 1. The lowest BCUT2D eigenvalue weighted by Gasteiger charge is -2.10. The Morgan fingerprint density at radius 1 is 1.33 bits per heavy atom. The molecular formula is C16H12ClF3N4O2S. The quantitative estimate of drug-likeness (QED) is 0.636. The van der Waals surface area contributed by atoms with E-state index in [0.29, 0.717) is 35.5 Å². The van der Waals surface area contributed by atoms with Crippen molar-refractivity contribution < 1.29 is 23.1 Å². The van der Waals surface area contributed by atoms with Gasteiger partial charge in [0.1, 0.15) is 10.5 Å². The molecule has 0 aliphatic rings. The topological polar surface area (TPSA) is 80.9 Å². The van der Waals surface area contributed by atoms with Crippen LogP contribution in [0, 0.1) is 0 Å². The number of carboxylic acids is 1. The first kappa shape index (κ1) is 19.4. The number of halogens is 4. The number of rotatable bonds is 6. The van der Waals surface area contributed by atoms with E-state index in [0.717, 1.165) is 17.8 Å². The highest BCUT2D eigenvalue weighted by atomic mass is 35.5. The standard InChI is InChI=1S/C16H12ClF3N4O2S/c17-10-7-9(16(18,19)20)8-22-14(10)27-15-23-11-3-1-5-21-13(11)24(15)6-2-4-12(25)26/h1,3,5,7-8H,2,4,6H2,(H,25,26). The van der Waals surface area contributed by atoms with Gasteiger partial charge in [-0.05, 0) is 36.4 Å². The molecule has 0 fully saturated rings. The van der Waals surface area contributed by atoms with Crippen molar-refractivity contribution >= 4 is 40.5 Å². The largest absolute Gasteiger partial charge is 0.481 e. The monoisotopic (exact) mass is 416 g/mol. The molecule has 3 aromatic rings. The van der Waals surface area contributed by atoms with Crippen LogP contribution in [0.2, 0.25) is 5.02 Å². The Bertz CT molecular complexity index is 993. The highest BCUT2D eigenvalue weighted by molar-refractivity contribution is 7.99. The molecule has 3 rings (SSSR count). The van der Waals surface area contributed by atoms with Gasteiger partial charge in [-0.15, -0.1) is 0 Å². The lowest BCUT2D eigenvalue weighted by molar-refractivity contribution is -0.138. The SMILES string of the molecule is O=C(O)CCCn1c(Sc2ncc(C(F)(F)F)cc2Cl)nc2cccnc21. The summed E-state index contributed by atoms with van der Waals surface area (Å²) in [5.41, 5.74) is 0.195. The minimum Gasteiger partial charge on any atom is -0.481 e. The van der Waals surface area contributed by atoms with Crippen molar-refractivity contribution in [2.24, 2.45) is 0 Å².